The number of hydrogen-bond acceptors (Lipinski definition) is 2. The first-order valence-corrected chi connectivity index (χ1v) is 6.81. The van der Waals surface area contributed by atoms with E-state index in [1.165, 1.54) is 48.2 Å². The predicted octanol–water partition coefficient (Wildman–Crippen LogP) is 4.33. The zero-order valence-electron chi connectivity index (χ0n) is 10.1. The predicted molar refractivity (Wildman–Crippen MR) is 72.5 cm³/mol. The number of ketones is 1. The average Bonchev–Trinajstić information content (AvgIpc) is 2.39. The third kappa shape index (κ3) is 4.17. The Balaban J connectivity index is 1.86. The molecule has 0 heterocycles. The smallest absolute Gasteiger partial charge is 0.163 e. The molecule has 0 unspecified atom stereocenters. The fourth-order valence-corrected chi connectivity index (χ4v) is 2.49. The number of carbonyl (C=O) groups excluding carboxylic acids is 1. The Morgan fingerprint density at radius 3 is 2.42 bits per heavy atom. The van der Waals surface area contributed by atoms with Crippen LogP contribution in [0.2, 0.25) is 0 Å². The van der Waals surface area contributed by atoms with Gasteiger partial charge in [0.25, 0.3) is 0 Å². The maximum absolute atomic E-state index is 12.9. The van der Waals surface area contributed by atoms with Gasteiger partial charge in [-0.3, -0.25) is 4.79 Å². The number of carbonyl (C=O) groups is 1. The third-order valence-electron chi connectivity index (χ3n) is 2.56. The molecule has 19 heavy (non-hydrogen) atoms. The van der Waals surface area contributed by atoms with Crippen LogP contribution in [-0.2, 0) is 0 Å². The minimum absolute atomic E-state index is 0.0381. The Morgan fingerprint density at radius 1 is 1.00 bits per heavy atom. The maximum Gasteiger partial charge on any atom is 0.163 e. The molecule has 0 spiro atoms. The Labute approximate surface area is 114 Å². The highest BCUT2D eigenvalue weighted by Crippen LogP contribution is 2.20. The van der Waals surface area contributed by atoms with E-state index in [2.05, 4.69) is 0 Å². The standard InChI is InChI=1S/C15H12F2OS/c16-12-6-4-11(5-7-12)15(18)8-9-19-14-3-1-2-13(17)10-14/h1-7,10H,8-9H2. The van der Waals surface area contributed by atoms with Gasteiger partial charge in [0.1, 0.15) is 11.6 Å². The maximum atomic E-state index is 12.9. The molecule has 0 radical (unpaired) electrons. The molecular formula is C15H12F2OS. The van der Waals surface area contributed by atoms with E-state index in [4.69, 9.17) is 0 Å². The lowest BCUT2D eigenvalue weighted by molar-refractivity contribution is 0.0989. The van der Waals surface area contributed by atoms with E-state index < -0.39 is 0 Å². The van der Waals surface area contributed by atoms with Gasteiger partial charge in [-0.15, -0.1) is 11.8 Å². The topological polar surface area (TPSA) is 17.1 Å². The number of halogens is 2. The van der Waals surface area contributed by atoms with Crippen LogP contribution in [0.3, 0.4) is 0 Å². The number of rotatable bonds is 5. The summed E-state index contributed by atoms with van der Waals surface area (Å²) in [6, 6.07) is 11.8. The molecule has 0 aromatic heterocycles. The van der Waals surface area contributed by atoms with Gasteiger partial charge in [-0.1, -0.05) is 6.07 Å². The molecule has 2 rings (SSSR count). The second kappa shape index (κ2) is 6.48. The Bertz CT molecular complexity index is 567. The van der Waals surface area contributed by atoms with Gasteiger partial charge in [-0.05, 0) is 42.5 Å². The lowest BCUT2D eigenvalue weighted by atomic mass is 10.1. The molecule has 98 valence electrons. The minimum Gasteiger partial charge on any atom is -0.294 e. The van der Waals surface area contributed by atoms with Gasteiger partial charge in [-0.25, -0.2) is 8.78 Å². The van der Waals surface area contributed by atoms with Gasteiger partial charge in [-0.2, -0.15) is 0 Å². The van der Waals surface area contributed by atoms with Gasteiger partial charge in [0, 0.05) is 22.6 Å². The van der Waals surface area contributed by atoms with Gasteiger partial charge in [0.15, 0.2) is 5.78 Å². The van der Waals surface area contributed by atoms with Gasteiger partial charge in [0.05, 0.1) is 0 Å². The number of Topliss-reactive ketones (excluding diaryl/α,β-unsaturated/α-hetero) is 1. The van der Waals surface area contributed by atoms with Crippen LogP contribution in [0.4, 0.5) is 8.78 Å². The number of benzene rings is 2. The van der Waals surface area contributed by atoms with E-state index in [0.717, 1.165) is 4.90 Å². The van der Waals surface area contributed by atoms with E-state index in [-0.39, 0.29) is 17.4 Å². The van der Waals surface area contributed by atoms with Crippen LogP contribution in [0.1, 0.15) is 16.8 Å². The molecule has 0 atom stereocenters. The summed E-state index contributed by atoms with van der Waals surface area (Å²) in [4.78, 5) is 12.6. The van der Waals surface area contributed by atoms with Crippen LogP contribution in [0.25, 0.3) is 0 Å². The largest absolute Gasteiger partial charge is 0.294 e. The summed E-state index contributed by atoms with van der Waals surface area (Å²) in [6.07, 6.45) is 0.340. The Hall–Kier alpha value is -1.68. The highest BCUT2D eigenvalue weighted by molar-refractivity contribution is 7.99. The van der Waals surface area contributed by atoms with Crippen LogP contribution in [0, 0.1) is 11.6 Å². The summed E-state index contributed by atoms with van der Waals surface area (Å²) in [6.45, 7) is 0. The first-order chi connectivity index (χ1) is 9.15. The molecule has 0 fully saturated rings. The molecule has 0 bridgehead atoms. The van der Waals surface area contributed by atoms with Crippen molar-refractivity contribution in [2.45, 2.75) is 11.3 Å². The quantitative estimate of drug-likeness (QED) is 0.598. The molecule has 0 saturated heterocycles. The molecule has 2 aromatic rings. The van der Waals surface area contributed by atoms with Crippen LogP contribution >= 0.6 is 11.8 Å². The normalized spacial score (nSPS) is 10.4. The van der Waals surface area contributed by atoms with Crippen molar-refractivity contribution in [3.05, 3.63) is 65.7 Å². The van der Waals surface area contributed by atoms with Crippen molar-refractivity contribution in [2.24, 2.45) is 0 Å². The summed E-state index contributed by atoms with van der Waals surface area (Å²) in [7, 11) is 0. The van der Waals surface area contributed by atoms with Crippen molar-refractivity contribution >= 4 is 17.5 Å². The van der Waals surface area contributed by atoms with Crippen LogP contribution in [-0.4, -0.2) is 11.5 Å². The molecule has 0 saturated carbocycles. The average molecular weight is 278 g/mol. The zero-order valence-corrected chi connectivity index (χ0v) is 10.9. The second-order valence-corrected chi connectivity index (χ2v) is 5.15. The number of hydrogen-bond donors (Lipinski definition) is 0. The monoisotopic (exact) mass is 278 g/mol. The van der Waals surface area contributed by atoms with Crippen molar-refractivity contribution in [1.82, 2.24) is 0 Å². The molecule has 1 nitrogen and oxygen atoms in total. The fraction of sp³-hybridized carbons (Fsp3) is 0.133. The van der Waals surface area contributed by atoms with Crippen LogP contribution < -0.4 is 0 Å². The van der Waals surface area contributed by atoms with E-state index in [0.29, 0.717) is 17.7 Å². The molecule has 0 aliphatic heterocycles. The summed E-state index contributed by atoms with van der Waals surface area (Å²) in [5.74, 6) is -0.107. The highest BCUT2D eigenvalue weighted by atomic mass is 32.2. The first kappa shape index (κ1) is 13.7. The lowest BCUT2D eigenvalue weighted by Crippen LogP contribution is -2.00. The molecule has 0 aliphatic carbocycles. The fourth-order valence-electron chi connectivity index (χ4n) is 1.60. The van der Waals surface area contributed by atoms with Crippen LogP contribution in [0.5, 0.6) is 0 Å². The SMILES string of the molecule is O=C(CCSc1cccc(F)c1)c1ccc(F)cc1. The lowest BCUT2D eigenvalue weighted by Gasteiger charge is -2.02. The summed E-state index contributed by atoms with van der Waals surface area (Å²) >= 11 is 1.43. The number of thioether (sulfide) groups is 1. The first-order valence-electron chi connectivity index (χ1n) is 5.82. The van der Waals surface area contributed by atoms with E-state index >= 15 is 0 Å². The Morgan fingerprint density at radius 2 is 1.74 bits per heavy atom. The molecule has 0 N–H and O–H groups in total. The van der Waals surface area contributed by atoms with E-state index in [1.54, 1.807) is 12.1 Å². The minimum atomic E-state index is -0.356. The highest BCUT2D eigenvalue weighted by Gasteiger charge is 2.06. The van der Waals surface area contributed by atoms with Crippen molar-refractivity contribution in [3.8, 4) is 0 Å². The van der Waals surface area contributed by atoms with Crippen molar-refractivity contribution < 1.29 is 13.6 Å². The van der Waals surface area contributed by atoms with Crippen molar-refractivity contribution in [3.63, 3.8) is 0 Å². The molecule has 0 amide bonds. The van der Waals surface area contributed by atoms with Crippen LogP contribution in [0.15, 0.2) is 53.4 Å². The second-order valence-electron chi connectivity index (χ2n) is 3.99. The van der Waals surface area contributed by atoms with Gasteiger partial charge >= 0.3 is 0 Å². The summed E-state index contributed by atoms with van der Waals surface area (Å²) in [5, 5.41) is 0. The van der Waals surface area contributed by atoms with E-state index in [9.17, 15) is 13.6 Å². The van der Waals surface area contributed by atoms with E-state index in [1.807, 2.05) is 0 Å². The molecule has 0 aliphatic rings. The van der Waals surface area contributed by atoms with Crippen molar-refractivity contribution in [1.29, 1.82) is 0 Å². The summed E-state index contributed by atoms with van der Waals surface area (Å²) < 4.78 is 25.7. The molecular weight excluding hydrogens is 266 g/mol. The summed E-state index contributed by atoms with van der Waals surface area (Å²) in [5.41, 5.74) is 0.501. The molecule has 4 heteroatoms. The van der Waals surface area contributed by atoms with Gasteiger partial charge < -0.3 is 0 Å². The Kier molecular flexibility index (Phi) is 4.68. The van der Waals surface area contributed by atoms with Crippen molar-refractivity contribution in [2.75, 3.05) is 5.75 Å². The van der Waals surface area contributed by atoms with Gasteiger partial charge in [0.2, 0.25) is 0 Å². The third-order valence-corrected chi connectivity index (χ3v) is 3.56. The zero-order chi connectivity index (χ0) is 13.7. The molecule has 2 aromatic carbocycles.